The Kier molecular flexibility index (Phi) is 5.67. The van der Waals surface area contributed by atoms with Crippen molar-refractivity contribution in [2.75, 3.05) is 23.5 Å². The molecule has 1 aromatic rings. The molecule has 0 aliphatic carbocycles. The van der Waals surface area contributed by atoms with E-state index in [-0.39, 0.29) is 12.2 Å². The van der Waals surface area contributed by atoms with E-state index in [1.807, 2.05) is 20.1 Å². The van der Waals surface area contributed by atoms with Crippen LogP contribution in [0.25, 0.3) is 0 Å². The first-order chi connectivity index (χ1) is 11.1. The summed E-state index contributed by atoms with van der Waals surface area (Å²) in [6, 6.07) is 3.05. The molecule has 1 heterocycles. The Morgan fingerprint density at radius 2 is 1.83 bits per heavy atom. The highest BCUT2D eigenvalue weighted by molar-refractivity contribution is 7.98. The number of benzene rings is 1. The van der Waals surface area contributed by atoms with Crippen LogP contribution >= 0.6 is 35.0 Å². The lowest BCUT2D eigenvalue weighted by atomic mass is 10.1. The van der Waals surface area contributed by atoms with E-state index in [9.17, 15) is 14.4 Å². The number of amides is 5. The summed E-state index contributed by atoms with van der Waals surface area (Å²) < 4.78 is 0. The summed E-state index contributed by atoms with van der Waals surface area (Å²) in [6.45, 7) is 3.36. The van der Waals surface area contributed by atoms with Crippen molar-refractivity contribution in [1.29, 1.82) is 0 Å². The van der Waals surface area contributed by atoms with Gasteiger partial charge in [-0.1, -0.05) is 23.2 Å². The molecule has 1 fully saturated rings. The van der Waals surface area contributed by atoms with Gasteiger partial charge in [-0.25, -0.2) is 19.4 Å². The molecule has 24 heavy (non-hydrogen) atoms. The summed E-state index contributed by atoms with van der Waals surface area (Å²) >= 11 is 13.4. The summed E-state index contributed by atoms with van der Waals surface area (Å²) in [6.07, 6.45) is 1.92. The highest BCUT2D eigenvalue weighted by Gasteiger charge is 2.42. The number of imide groups is 2. The van der Waals surface area contributed by atoms with E-state index in [0.29, 0.717) is 15.8 Å². The zero-order chi connectivity index (χ0) is 18.1. The lowest BCUT2D eigenvalue weighted by molar-refractivity contribution is -0.116. The second-order valence-corrected chi connectivity index (χ2v) is 7.71. The van der Waals surface area contributed by atoms with Crippen LogP contribution in [0.4, 0.5) is 15.3 Å². The first kappa shape index (κ1) is 18.9. The molecule has 6 nitrogen and oxygen atoms in total. The third-order valence-electron chi connectivity index (χ3n) is 3.27. The zero-order valence-corrected chi connectivity index (χ0v) is 15.8. The first-order valence-corrected chi connectivity index (χ1v) is 9.21. The van der Waals surface area contributed by atoms with Gasteiger partial charge in [0.2, 0.25) is 0 Å². The summed E-state index contributed by atoms with van der Waals surface area (Å²) in [5.41, 5.74) is -0.270. The Hall–Kier alpha value is -1.44. The fourth-order valence-corrected chi connectivity index (χ4v) is 3.64. The van der Waals surface area contributed by atoms with Gasteiger partial charge in [0, 0.05) is 21.3 Å². The molecule has 1 N–H and O–H groups in total. The van der Waals surface area contributed by atoms with Gasteiger partial charge >= 0.3 is 12.1 Å². The van der Waals surface area contributed by atoms with Gasteiger partial charge in [0.05, 0.1) is 5.69 Å². The fraction of sp³-hybridized carbons (Fsp3) is 0.400. The standard InChI is InChI=1S/C15H17Cl2N3O3S/c1-15(2,8-24-3)18-13(22)19-7-12(21)20(14(19)23)11-5-9(16)4-10(17)6-11/h4-6H,7-8H2,1-3H3,(H,18,22). The number of nitrogens with zero attached hydrogens (tertiary/aromatic N) is 2. The number of carbonyl (C=O) groups excluding carboxylic acids is 3. The molecule has 9 heteroatoms. The maximum atomic E-state index is 12.5. The van der Waals surface area contributed by atoms with E-state index in [4.69, 9.17) is 23.2 Å². The summed E-state index contributed by atoms with van der Waals surface area (Å²) in [5, 5.41) is 3.35. The minimum Gasteiger partial charge on any atom is -0.332 e. The zero-order valence-electron chi connectivity index (χ0n) is 13.4. The van der Waals surface area contributed by atoms with Crippen molar-refractivity contribution in [2.45, 2.75) is 19.4 Å². The van der Waals surface area contributed by atoms with Crippen LogP contribution in [0.3, 0.4) is 0 Å². The summed E-state index contributed by atoms with van der Waals surface area (Å²) in [5.74, 6) is 0.152. The smallest absolute Gasteiger partial charge is 0.332 e. The Morgan fingerprint density at radius 1 is 1.25 bits per heavy atom. The lowest BCUT2D eigenvalue weighted by Gasteiger charge is -2.27. The molecular formula is C15H17Cl2N3O3S. The second kappa shape index (κ2) is 7.21. The molecule has 1 aromatic carbocycles. The van der Waals surface area contributed by atoms with Crippen molar-refractivity contribution in [3.8, 4) is 0 Å². The molecule has 0 aromatic heterocycles. The third kappa shape index (κ3) is 4.15. The van der Waals surface area contributed by atoms with E-state index >= 15 is 0 Å². The number of carbonyl (C=O) groups is 3. The molecule has 0 bridgehead atoms. The number of halogens is 2. The average Bonchev–Trinajstić information content (AvgIpc) is 2.72. The molecule has 0 unspecified atom stereocenters. The molecule has 1 aliphatic rings. The number of anilines is 1. The van der Waals surface area contributed by atoms with Gasteiger partial charge in [0.15, 0.2) is 0 Å². The molecular weight excluding hydrogens is 373 g/mol. The van der Waals surface area contributed by atoms with Crippen molar-refractivity contribution < 1.29 is 14.4 Å². The third-order valence-corrected chi connectivity index (χ3v) is 4.71. The molecule has 0 atom stereocenters. The van der Waals surface area contributed by atoms with Crippen LogP contribution < -0.4 is 10.2 Å². The lowest BCUT2D eigenvalue weighted by Crippen LogP contribution is -2.52. The van der Waals surface area contributed by atoms with Gasteiger partial charge in [-0.05, 0) is 38.3 Å². The molecule has 5 amide bonds. The van der Waals surface area contributed by atoms with Crippen LogP contribution in [0.5, 0.6) is 0 Å². The monoisotopic (exact) mass is 389 g/mol. The van der Waals surface area contributed by atoms with E-state index in [2.05, 4.69) is 5.32 Å². The van der Waals surface area contributed by atoms with Gasteiger partial charge in [0.25, 0.3) is 5.91 Å². The molecule has 2 rings (SSSR count). The number of hydrogen-bond acceptors (Lipinski definition) is 4. The predicted molar refractivity (Wildman–Crippen MR) is 97.0 cm³/mol. The highest BCUT2D eigenvalue weighted by atomic mass is 35.5. The van der Waals surface area contributed by atoms with Crippen LogP contribution in [0, 0.1) is 0 Å². The fourth-order valence-electron chi connectivity index (χ4n) is 2.34. The van der Waals surface area contributed by atoms with E-state index < -0.39 is 23.5 Å². The molecule has 0 radical (unpaired) electrons. The summed E-state index contributed by atoms with van der Waals surface area (Å²) in [7, 11) is 0. The Balaban J connectivity index is 2.21. The van der Waals surface area contributed by atoms with Gasteiger partial charge in [0.1, 0.15) is 6.54 Å². The minimum atomic E-state index is -0.726. The number of urea groups is 2. The second-order valence-electron chi connectivity index (χ2n) is 5.97. The van der Waals surface area contributed by atoms with E-state index in [1.165, 1.54) is 18.2 Å². The van der Waals surface area contributed by atoms with Crippen LogP contribution in [-0.2, 0) is 4.79 Å². The normalized spacial score (nSPS) is 15.2. The number of thioether (sulfide) groups is 1. The van der Waals surface area contributed by atoms with Crippen molar-refractivity contribution in [1.82, 2.24) is 10.2 Å². The highest BCUT2D eigenvalue weighted by Crippen LogP contribution is 2.28. The van der Waals surface area contributed by atoms with Gasteiger partial charge in [-0.15, -0.1) is 0 Å². The quantitative estimate of drug-likeness (QED) is 0.798. The molecule has 1 aliphatic heterocycles. The van der Waals surface area contributed by atoms with Crippen LogP contribution in [0.2, 0.25) is 10.0 Å². The molecule has 130 valence electrons. The maximum Gasteiger partial charge on any atom is 0.340 e. The number of nitrogens with one attached hydrogen (secondary N) is 1. The predicted octanol–water partition coefficient (Wildman–Crippen LogP) is 3.61. The Bertz CT molecular complexity index is 676. The van der Waals surface area contributed by atoms with Crippen LogP contribution in [0.15, 0.2) is 18.2 Å². The van der Waals surface area contributed by atoms with Crippen molar-refractivity contribution in [3.05, 3.63) is 28.2 Å². The largest absolute Gasteiger partial charge is 0.340 e. The minimum absolute atomic E-state index is 0.237. The Morgan fingerprint density at radius 3 is 2.38 bits per heavy atom. The Labute approximate surface area is 154 Å². The number of hydrogen-bond donors (Lipinski definition) is 1. The van der Waals surface area contributed by atoms with Crippen molar-refractivity contribution in [3.63, 3.8) is 0 Å². The van der Waals surface area contributed by atoms with E-state index in [0.717, 1.165) is 9.80 Å². The van der Waals surface area contributed by atoms with E-state index in [1.54, 1.807) is 11.8 Å². The molecule has 0 saturated carbocycles. The van der Waals surface area contributed by atoms with Crippen LogP contribution in [-0.4, -0.2) is 47.0 Å². The van der Waals surface area contributed by atoms with Crippen LogP contribution in [0.1, 0.15) is 13.8 Å². The SMILES string of the molecule is CSCC(C)(C)NC(=O)N1CC(=O)N(c2cc(Cl)cc(Cl)c2)C1=O. The van der Waals surface area contributed by atoms with Crippen molar-refractivity contribution in [2.24, 2.45) is 0 Å². The summed E-state index contributed by atoms with van der Waals surface area (Å²) in [4.78, 5) is 38.8. The van der Waals surface area contributed by atoms with Crippen molar-refractivity contribution >= 4 is 58.6 Å². The van der Waals surface area contributed by atoms with Gasteiger partial charge in [-0.3, -0.25) is 4.79 Å². The first-order valence-electron chi connectivity index (χ1n) is 7.06. The van der Waals surface area contributed by atoms with Gasteiger partial charge in [-0.2, -0.15) is 11.8 Å². The topological polar surface area (TPSA) is 69.7 Å². The molecule has 1 saturated heterocycles. The number of rotatable bonds is 4. The van der Waals surface area contributed by atoms with Gasteiger partial charge < -0.3 is 5.32 Å². The molecule has 0 spiro atoms. The average molecular weight is 390 g/mol. The maximum absolute atomic E-state index is 12.5.